The molecule has 0 spiro atoms. The molecule has 0 saturated carbocycles. The van der Waals surface area contributed by atoms with Crippen LogP contribution in [0.5, 0.6) is 0 Å². The monoisotopic (exact) mass is 923 g/mol. The van der Waals surface area contributed by atoms with Crippen LogP contribution in [0.15, 0.2) is 93.8 Å². The SMILES string of the molecule is Bc1c(B)c(B)c(-c2c(B)c(B)c(B)c(-c3nc(-c4ccc5c(c4)oc4cccc(-n6c7ccccc7c7ccccc76)c45)nc(-c4c(B)c(B)c5c(oc6c(B)c(B)c(B)c(B)c65)c4B)n3)c2B)c(B)c1B. The fraction of sp³-hybridized carbons (Fsp3) is 0. The molecule has 0 fully saturated rings. The van der Waals surface area contributed by atoms with Gasteiger partial charge in [-0.1, -0.05) is 103 Å². The second-order valence-corrected chi connectivity index (χ2v) is 21.1. The molecular formula is C51H46B16N4O2. The molecule has 0 N–H and O–H groups in total. The van der Waals surface area contributed by atoms with E-state index in [1.807, 2.05) is 0 Å². The number of benzene rings is 8. The van der Waals surface area contributed by atoms with Crippen molar-refractivity contribution in [1.29, 1.82) is 0 Å². The highest BCUT2D eigenvalue weighted by atomic mass is 16.3. The van der Waals surface area contributed by atoms with Crippen molar-refractivity contribution in [2.24, 2.45) is 0 Å². The Bertz CT molecular complexity index is 4410. The number of aromatic nitrogens is 4. The zero-order valence-electron chi connectivity index (χ0n) is 45.2. The number of hydrogen-bond donors (Lipinski definition) is 0. The standard InChI is InChI=1S/C51H46B16N4O2/c52-31-25(26-33(54)41(62)44(65)42(63)34(26)55)32(53)40(61)38(59)29(31)50-68-49(69-51(70-50)30-37(58)35(56)27-28-36(57)43(64)45(66)46(67)48(28)73-47(27)39(30)60)15-12-13-18-23(14-15)72-22-11-5-10-21(24(18)22)71-19-8-3-1-6-16(19)17-7-2-4-9-20(17)71/h1-14H,52-67H2. The fourth-order valence-electron chi connectivity index (χ4n) is 12.7. The summed E-state index contributed by atoms with van der Waals surface area (Å²) in [6.07, 6.45) is 0. The lowest BCUT2D eigenvalue weighted by Crippen LogP contribution is -2.57. The summed E-state index contributed by atoms with van der Waals surface area (Å²) >= 11 is 0. The molecule has 12 aromatic rings. The van der Waals surface area contributed by atoms with Crippen molar-refractivity contribution in [3.63, 3.8) is 0 Å². The van der Waals surface area contributed by atoms with Gasteiger partial charge in [0.05, 0.1) is 22.1 Å². The van der Waals surface area contributed by atoms with Crippen LogP contribution in [0.4, 0.5) is 0 Å². The van der Waals surface area contributed by atoms with E-state index in [1.165, 1.54) is 98.2 Å². The van der Waals surface area contributed by atoms with Crippen LogP contribution in [0.1, 0.15) is 0 Å². The van der Waals surface area contributed by atoms with E-state index in [0.717, 1.165) is 88.4 Å². The highest BCUT2D eigenvalue weighted by Crippen LogP contribution is 2.40. The molecule has 0 aliphatic heterocycles. The number of nitrogens with zero attached hydrogens (tertiary/aromatic N) is 4. The predicted molar refractivity (Wildman–Crippen MR) is 361 cm³/mol. The first kappa shape index (κ1) is 47.2. The Kier molecular flexibility index (Phi) is 10.9. The normalized spacial score (nSPS) is 11.9. The highest BCUT2D eigenvalue weighted by molar-refractivity contribution is 6.72. The van der Waals surface area contributed by atoms with E-state index in [4.69, 9.17) is 23.8 Å². The van der Waals surface area contributed by atoms with Crippen molar-refractivity contribution < 1.29 is 8.83 Å². The van der Waals surface area contributed by atoms with Crippen molar-refractivity contribution in [3.8, 4) is 51.0 Å². The summed E-state index contributed by atoms with van der Waals surface area (Å²) in [7, 11) is 35.8. The van der Waals surface area contributed by atoms with Crippen molar-refractivity contribution >= 4 is 279 Å². The Labute approximate surface area is 440 Å². The van der Waals surface area contributed by atoms with Gasteiger partial charge in [0.1, 0.15) is 148 Å². The maximum Gasteiger partial charge on any atom is 0.164 e. The molecule has 73 heavy (non-hydrogen) atoms. The lowest BCUT2D eigenvalue weighted by molar-refractivity contribution is 0.669. The van der Waals surface area contributed by atoms with E-state index in [-0.39, 0.29) is 0 Å². The van der Waals surface area contributed by atoms with Crippen LogP contribution in [-0.2, 0) is 0 Å². The molecule has 0 bridgehead atoms. The van der Waals surface area contributed by atoms with Gasteiger partial charge in [-0.2, -0.15) is 0 Å². The molecule has 0 saturated heterocycles. The van der Waals surface area contributed by atoms with Gasteiger partial charge in [-0.25, -0.2) is 15.0 Å². The number of fused-ring (bicyclic) bond motifs is 9. The van der Waals surface area contributed by atoms with E-state index in [9.17, 15) is 0 Å². The van der Waals surface area contributed by atoms with Crippen LogP contribution in [0.2, 0.25) is 0 Å². The molecule has 330 valence electrons. The lowest BCUT2D eigenvalue weighted by atomic mass is 9.56. The molecule has 0 atom stereocenters. The summed E-state index contributed by atoms with van der Waals surface area (Å²) < 4.78 is 16.3. The van der Waals surface area contributed by atoms with Gasteiger partial charge in [-0.15, -0.1) is 27.3 Å². The van der Waals surface area contributed by atoms with Crippen LogP contribution < -0.4 is 87.4 Å². The second kappa shape index (κ2) is 16.9. The largest absolute Gasteiger partial charge is 0.457 e. The van der Waals surface area contributed by atoms with Gasteiger partial charge in [0.25, 0.3) is 0 Å². The van der Waals surface area contributed by atoms with Gasteiger partial charge in [0.2, 0.25) is 0 Å². The van der Waals surface area contributed by atoms with E-state index in [0.29, 0.717) is 17.5 Å². The minimum atomic E-state index is 0.581. The molecule has 4 aromatic heterocycles. The maximum atomic E-state index is 7.02. The van der Waals surface area contributed by atoms with Gasteiger partial charge in [-0.3, -0.25) is 0 Å². The molecular weight excluding hydrogens is 874 g/mol. The number of para-hydroxylation sites is 2. The van der Waals surface area contributed by atoms with E-state index in [1.54, 1.807) is 0 Å². The minimum absolute atomic E-state index is 0.581. The third kappa shape index (κ3) is 6.63. The van der Waals surface area contributed by atoms with E-state index >= 15 is 0 Å². The molecule has 4 heterocycles. The first-order valence-corrected chi connectivity index (χ1v) is 25.7. The molecule has 6 nitrogen and oxygen atoms in total. The summed E-state index contributed by atoms with van der Waals surface area (Å²) in [4.78, 5) is 16.6. The zero-order valence-corrected chi connectivity index (χ0v) is 45.2. The van der Waals surface area contributed by atoms with Crippen LogP contribution in [0, 0.1) is 0 Å². The smallest absolute Gasteiger partial charge is 0.164 e. The van der Waals surface area contributed by atoms with Gasteiger partial charge < -0.3 is 13.4 Å². The Morgan fingerprint density at radius 3 is 1.38 bits per heavy atom. The Morgan fingerprint density at radius 1 is 0.315 bits per heavy atom. The van der Waals surface area contributed by atoms with Gasteiger partial charge in [0.15, 0.2) is 17.5 Å². The topological polar surface area (TPSA) is 69.9 Å². The van der Waals surface area contributed by atoms with Crippen molar-refractivity contribution in [3.05, 3.63) is 84.9 Å². The molecule has 0 amide bonds. The predicted octanol–water partition coefficient (Wildman–Crippen LogP) is -14.4. The third-order valence-corrected chi connectivity index (χ3v) is 17.9. The van der Waals surface area contributed by atoms with Gasteiger partial charge in [0, 0.05) is 43.6 Å². The molecule has 12 rings (SSSR count). The first-order chi connectivity index (χ1) is 34.9. The van der Waals surface area contributed by atoms with Crippen molar-refractivity contribution in [2.45, 2.75) is 0 Å². The Morgan fingerprint density at radius 2 is 0.767 bits per heavy atom. The molecule has 0 radical (unpaired) electrons. The zero-order chi connectivity index (χ0) is 51.4. The number of rotatable bonds is 5. The number of furan rings is 2. The summed E-state index contributed by atoms with van der Waals surface area (Å²) in [5.74, 6) is 1.84. The second-order valence-electron chi connectivity index (χ2n) is 21.1. The van der Waals surface area contributed by atoms with E-state index < -0.39 is 0 Å². The third-order valence-electron chi connectivity index (χ3n) is 17.9. The molecule has 0 aliphatic rings. The Hall–Kier alpha value is -6.79. The minimum Gasteiger partial charge on any atom is -0.457 e. The number of hydrogen-bond acceptors (Lipinski definition) is 5. The summed E-state index contributed by atoms with van der Waals surface area (Å²) in [5.41, 5.74) is 32.1. The van der Waals surface area contributed by atoms with Gasteiger partial charge >= 0.3 is 0 Å². The fourth-order valence-corrected chi connectivity index (χ4v) is 12.7. The Balaban J connectivity index is 1.14. The summed E-state index contributed by atoms with van der Waals surface area (Å²) in [6, 6.07) is 30.1. The van der Waals surface area contributed by atoms with Crippen LogP contribution in [0.3, 0.4) is 0 Å². The average Bonchev–Trinajstić information content (AvgIpc) is 4.09. The molecule has 8 aromatic carbocycles. The van der Waals surface area contributed by atoms with Crippen LogP contribution in [0.25, 0.3) is 117 Å². The summed E-state index contributed by atoms with van der Waals surface area (Å²) in [6.45, 7) is 0. The quantitative estimate of drug-likeness (QED) is 0.161. The van der Waals surface area contributed by atoms with Crippen LogP contribution in [-0.4, -0.2) is 145 Å². The lowest BCUT2D eigenvalue weighted by Gasteiger charge is -2.27. The molecule has 0 aliphatic carbocycles. The first-order valence-electron chi connectivity index (χ1n) is 25.7. The van der Waals surface area contributed by atoms with Crippen molar-refractivity contribution in [2.75, 3.05) is 0 Å². The maximum absolute atomic E-state index is 7.02. The van der Waals surface area contributed by atoms with Crippen LogP contribution >= 0.6 is 0 Å². The highest BCUT2D eigenvalue weighted by Gasteiger charge is 2.28. The van der Waals surface area contributed by atoms with Crippen molar-refractivity contribution in [1.82, 2.24) is 19.5 Å². The van der Waals surface area contributed by atoms with Gasteiger partial charge in [-0.05, 0) is 53.0 Å². The molecule has 22 heteroatoms. The average molecular weight is 920 g/mol. The summed E-state index contributed by atoms with van der Waals surface area (Å²) in [5, 5.41) is 6.90. The molecule has 0 unspecified atom stereocenters. The van der Waals surface area contributed by atoms with E-state index in [2.05, 4.69) is 215 Å².